The van der Waals surface area contributed by atoms with E-state index >= 15 is 0 Å². The highest BCUT2D eigenvalue weighted by Crippen LogP contribution is 2.36. The first-order valence-electron chi connectivity index (χ1n) is 20.4. The number of aromatic amines is 2. The first-order chi connectivity index (χ1) is 28.3. The lowest BCUT2D eigenvalue weighted by Crippen LogP contribution is -2.51. The third-order valence-electron chi connectivity index (χ3n) is 11.9. The summed E-state index contributed by atoms with van der Waals surface area (Å²) in [5.41, 5.74) is 5.61. The standard InChI is InChI=1S/C45H53N7O7/c1-24(2)37(49-44(56)58-6)42(54)51-18-8-10-35(51)39-26(5)40(53)32-17-16-30(22-33(32)47-39)28-12-13-29-21-31(15-14-27(29)20-28)34-23-46-41(48-34)36-11-9-19-52(36)43(55)38(25(3)4)50-45(57)59-7/h12-17,20-25,35-38H,8-11,18-19H2,1-7H3,(H,46,48)(H,47,53)(H,49,56)(H,50,57). The van der Waals surface area contributed by atoms with Crippen molar-refractivity contribution in [2.45, 2.75) is 84.5 Å². The molecule has 2 saturated heterocycles. The number of nitrogens with one attached hydrogen (secondary N) is 4. The van der Waals surface area contributed by atoms with Crippen molar-refractivity contribution in [3.05, 3.63) is 88.1 Å². The largest absolute Gasteiger partial charge is 0.453 e. The lowest BCUT2D eigenvalue weighted by Gasteiger charge is -2.31. The van der Waals surface area contributed by atoms with Crippen LogP contribution in [0, 0.1) is 18.8 Å². The molecule has 4 heterocycles. The Morgan fingerprint density at radius 3 is 1.85 bits per heavy atom. The number of nitrogens with zero attached hydrogens (tertiary/aromatic N) is 3. The molecule has 2 fully saturated rings. The van der Waals surface area contributed by atoms with Gasteiger partial charge in [-0.2, -0.15) is 0 Å². The fourth-order valence-electron chi connectivity index (χ4n) is 8.57. The van der Waals surface area contributed by atoms with Crippen LogP contribution in [0.4, 0.5) is 9.59 Å². The smallest absolute Gasteiger partial charge is 0.407 e. The molecule has 2 aliphatic rings. The van der Waals surface area contributed by atoms with Crippen LogP contribution in [0.2, 0.25) is 0 Å². The van der Waals surface area contributed by atoms with Gasteiger partial charge < -0.3 is 39.9 Å². The van der Waals surface area contributed by atoms with E-state index in [0.29, 0.717) is 47.5 Å². The van der Waals surface area contributed by atoms with Crippen molar-refractivity contribution in [2.24, 2.45) is 11.8 Å². The molecule has 4 atom stereocenters. The van der Waals surface area contributed by atoms with Crippen LogP contribution < -0.4 is 16.1 Å². The van der Waals surface area contributed by atoms with Crippen LogP contribution in [-0.2, 0) is 19.1 Å². The van der Waals surface area contributed by atoms with E-state index in [1.54, 1.807) is 22.9 Å². The molecule has 14 heteroatoms. The Morgan fingerprint density at radius 1 is 0.729 bits per heavy atom. The van der Waals surface area contributed by atoms with Crippen LogP contribution >= 0.6 is 0 Å². The van der Waals surface area contributed by atoms with Gasteiger partial charge in [0.25, 0.3) is 0 Å². The maximum Gasteiger partial charge on any atom is 0.407 e. The van der Waals surface area contributed by atoms with Crippen molar-refractivity contribution in [2.75, 3.05) is 27.3 Å². The number of carbonyl (C=O) groups is 4. The molecule has 3 aromatic carbocycles. The average molecular weight is 804 g/mol. The number of hydrogen-bond donors (Lipinski definition) is 4. The molecule has 4 unspecified atom stereocenters. The quantitative estimate of drug-likeness (QED) is 0.115. The Hall–Kier alpha value is -6.18. The molecule has 0 saturated carbocycles. The van der Waals surface area contributed by atoms with Crippen LogP contribution in [-0.4, -0.2) is 88.1 Å². The first-order valence-corrected chi connectivity index (χ1v) is 20.4. The van der Waals surface area contributed by atoms with Crippen LogP contribution in [0.15, 0.2) is 65.6 Å². The highest BCUT2D eigenvalue weighted by Gasteiger charge is 2.39. The lowest BCUT2D eigenvalue weighted by molar-refractivity contribution is -0.136. The normalized spacial score (nSPS) is 17.8. The minimum atomic E-state index is -0.759. The van der Waals surface area contributed by atoms with E-state index in [0.717, 1.165) is 52.4 Å². The molecule has 0 bridgehead atoms. The van der Waals surface area contributed by atoms with Gasteiger partial charge in [-0.05, 0) is 90.6 Å². The van der Waals surface area contributed by atoms with Gasteiger partial charge in [-0.25, -0.2) is 14.6 Å². The van der Waals surface area contributed by atoms with Crippen molar-refractivity contribution in [1.82, 2.24) is 35.4 Å². The van der Waals surface area contributed by atoms with E-state index in [2.05, 4.69) is 50.9 Å². The van der Waals surface area contributed by atoms with E-state index in [1.165, 1.54) is 14.2 Å². The molecule has 0 radical (unpaired) electrons. The van der Waals surface area contributed by atoms with Crippen LogP contribution in [0.1, 0.15) is 82.5 Å². The highest BCUT2D eigenvalue weighted by atomic mass is 16.5. The Kier molecular flexibility index (Phi) is 11.8. The summed E-state index contributed by atoms with van der Waals surface area (Å²) in [5.74, 6) is 0.0674. The molecule has 0 spiro atoms. The SMILES string of the molecule is COC(=O)NC(C(=O)N1CCCC1c1ncc(-c2ccc3cc(-c4ccc5c(=O)c(C)c(C6CCCN6C(=O)C(NC(=O)OC)C(C)C)[nH]c5c4)ccc3c2)[nH]1)C(C)C. The molecule has 310 valence electrons. The molecule has 2 aromatic heterocycles. The molecule has 59 heavy (non-hydrogen) atoms. The van der Waals surface area contributed by atoms with E-state index in [1.807, 2.05) is 52.0 Å². The minimum absolute atomic E-state index is 0.0803. The summed E-state index contributed by atoms with van der Waals surface area (Å²) in [5, 5.41) is 8.04. The number of methoxy groups -OCH3 is 2. The van der Waals surface area contributed by atoms with Gasteiger partial charge in [-0.3, -0.25) is 14.4 Å². The molecule has 2 aliphatic heterocycles. The monoisotopic (exact) mass is 803 g/mol. The van der Waals surface area contributed by atoms with Gasteiger partial charge in [0.1, 0.15) is 17.9 Å². The summed E-state index contributed by atoms with van der Waals surface area (Å²) in [4.78, 5) is 80.6. The number of imidazole rings is 1. The number of likely N-dealkylation sites (tertiary alicyclic amines) is 2. The topological polar surface area (TPSA) is 179 Å². The number of fused-ring (bicyclic) bond motifs is 2. The second-order valence-corrected chi connectivity index (χ2v) is 16.3. The third kappa shape index (κ3) is 8.12. The summed E-state index contributed by atoms with van der Waals surface area (Å²) in [6.07, 6.45) is 3.56. The summed E-state index contributed by atoms with van der Waals surface area (Å²) < 4.78 is 9.55. The number of alkyl carbamates (subject to hydrolysis) is 2. The highest BCUT2D eigenvalue weighted by molar-refractivity contribution is 5.93. The average Bonchev–Trinajstić information content (AvgIpc) is 4.04. The number of carbonyl (C=O) groups excluding carboxylic acids is 4. The van der Waals surface area contributed by atoms with Crippen molar-refractivity contribution in [3.8, 4) is 22.4 Å². The van der Waals surface area contributed by atoms with E-state index in [9.17, 15) is 24.0 Å². The maximum absolute atomic E-state index is 13.8. The molecular weight excluding hydrogens is 751 g/mol. The summed E-state index contributed by atoms with van der Waals surface area (Å²) in [7, 11) is 2.56. The number of ether oxygens (including phenoxy) is 2. The van der Waals surface area contributed by atoms with E-state index in [4.69, 9.17) is 14.5 Å². The summed E-state index contributed by atoms with van der Waals surface area (Å²) >= 11 is 0. The maximum atomic E-state index is 13.8. The number of H-pyrrole nitrogens is 2. The predicted octanol–water partition coefficient (Wildman–Crippen LogP) is 7.14. The second kappa shape index (κ2) is 17.0. The van der Waals surface area contributed by atoms with Gasteiger partial charge in [-0.15, -0.1) is 0 Å². The van der Waals surface area contributed by atoms with Crippen molar-refractivity contribution >= 4 is 45.7 Å². The van der Waals surface area contributed by atoms with Gasteiger partial charge >= 0.3 is 12.2 Å². The van der Waals surface area contributed by atoms with Gasteiger partial charge in [-0.1, -0.05) is 58.0 Å². The van der Waals surface area contributed by atoms with Crippen molar-refractivity contribution < 1.29 is 28.7 Å². The number of benzene rings is 3. The summed E-state index contributed by atoms with van der Waals surface area (Å²) in [6.45, 7) is 10.4. The molecule has 14 nitrogen and oxygen atoms in total. The molecule has 5 aromatic rings. The van der Waals surface area contributed by atoms with E-state index < -0.39 is 24.3 Å². The van der Waals surface area contributed by atoms with Gasteiger partial charge in [0.2, 0.25) is 11.8 Å². The van der Waals surface area contributed by atoms with Crippen LogP contribution in [0.5, 0.6) is 0 Å². The van der Waals surface area contributed by atoms with Crippen LogP contribution in [0.3, 0.4) is 0 Å². The molecule has 0 aliphatic carbocycles. The number of pyridine rings is 1. The Balaban J connectivity index is 1.12. The Morgan fingerprint density at radius 2 is 1.25 bits per heavy atom. The number of aromatic nitrogens is 3. The second-order valence-electron chi connectivity index (χ2n) is 16.3. The fraction of sp³-hybridized carbons (Fsp3) is 0.422. The molecule has 7 rings (SSSR count). The lowest BCUT2D eigenvalue weighted by atomic mass is 9.97. The number of rotatable bonds is 10. The minimum Gasteiger partial charge on any atom is -0.453 e. The zero-order chi connectivity index (χ0) is 42.1. The Labute approximate surface area is 343 Å². The van der Waals surface area contributed by atoms with Gasteiger partial charge in [0.15, 0.2) is 5.43 Å². The van der Waals surface area contributed by atoms with E-state index in [-0.39, 0.29) is 41.2 Å². The van der Waals surface area contributed by atoms with Crippen LogP contribution in [0.25, 0.3) is 44.1 Å². The van der Waals surface area contributed by atoms with Gasteiger partial charge in [0, 0.05) is 35.3 Å². The Bertz CT molecular complexity index is 2470. The first kappa shape index (κ1) is 41.0. The van der Waals surface area contributed by atoms with Gasteiger partial charge in [0.05, 0.1) is 43.7 Å². The van der Waals surface area contributed by atoms with Crippen molar-refractivity contribution in [3.63, 3.8) is 0 Å². The molecule has 4 N–H and O–H groups in total. The molecule has 4 amide bonds. The fourth-order valence-corrected chi connectivity index (χ4v) is 8.57. The molecular formula is C45H53N7O7. The zero-order valence-electron chi connectivity index (χ0n) is 34.7. The predicted molar refractivity (Wildman–Crippen MR) is 226 cm³/mol. The third-order valence-corrected chi connectivity index (χ3v) is 11.9. The van der Waals surface area contributed by atoms with Crippen molar-refractivity contribution in [1.29, 1.82) is 0 Å². The zero-order valence-corrected chi connectivity index (χ0v) is 34.7. The number of amides is 4. The number of hydrogen-bond acceptors (Lipinski definition) is 8. The summed E-state index contributed by atoms with van der Waals surface area (Å²) in [6, 6.07) is 16.3.